The number of piperidine rings is 1. The predicted octanol–water partition coefficient (Wildman–Crippen LogP) is 6.25. The van der Waals surface area contributed by atoms with Crippen LogP contribution < -0.4 is 26.2 Å². The molecule has 0 spiro atoms. The van der Waals surface area contributed by atoms with Gasteiger partial charge in [-0.25, -0.2) is 4.79 Å². The number of benzene rings is 3. The van der Waals surface area contributed by atoms with Crippen LogP contribution in [0.4, 0.5) is 21.9 Å². The third-order valence-corrected chi connectivity index (χ3v) is 9.71. The highest BCUT2D eigenvalue weighted by Gasteiger charge is 2.33. The number of fused-ring (bicyclic) bond motifs is 1. The number of likely N-dealkylation sites (tertiary alicyclic amines) is 1. The molecular formula is C39H47N7O5. The van der Waals surface area contributed by atoms with Gasteiger partial charge < -0.3 is 35.8 Å². The average molecular weight is 694 g/mol. The van der Waals surface area contributed by atoms with Crippen LogP contribution in [0, 0.1) is 13.8 Å². The van der Waals surface area contributed by atoms with Gasteiger partial charge in [-0.2, -0.15) is 0 Å². The number of nitrogens with zero attached hydrogens (tertiary/aromatic N) is 3. The zero-order valence-corrected chi connectivity index (χ0v) is 29.7. The normalized spacial score (nSPS) is 17.8. The molecule has 0 aliphatic carbocycles. The summed E-state index contributed by atoms with van der Waals surface area (Å²) in [7, 11) is 0. The van der Waals surface area contributed by atoms with Gasteiger partial charge in [-0.05, 0) is 105 Å². The SMILES string of the molecule is CCC(=O)N1c2ccccc2[C@H](Nc2ccc(NC(=O)CNC(=O)NC3CCN(Cc4cc(O)cc(-c5c(C)noc5C)c4)CC3)cc2)C[C@@H]1C. The van der Waals surface area contributed by atoms with Gasteiger partial charge in [0.2, 0.25) is 11.8 Å². The molecule has 12 nitrogen and oxygen atoms in total. The fourth-order valence-corrected chi connectivity index (χ4v) is 7.25. The van der Waals surface area contributed by atoms with Crippen molar-refractivity contribution in [3.8, 4) is 16.9 Å². The first-order valence-electron chi connectivity index (χ1n) is 17.7. The van der Waals surface area contributed by atoms with E-state index in [4.69, 9.17) is 4.52 Å². The molecule has 3 aromatic carbocycles. The number of hydrogen-bond donors (Lipinski definition) is 5. The van der Waals surface area contributed by atoms with Crippen molar-refractivity contribution >= 4 is 34.9 Å². The Morgan fingerprint density at radius 1 is 0.980 bits per heavy atom. The summed E-state index contributed by atoms with van der Waals surface area (Å²) >= 11 is 0. The van der Waals surface area contributed by atoms with E-state index in [1.807, 2.05) is 68.1 Å². The lowest BCUT2D eigenvalue weighted by molar-refractivity contribution is -0.119. The third-order valence-electron chi connectivity index (χ3n) is 9.71. The first-order valence-corrected chi connectivity index (χ1v) is 17.7. The molecular weight excluding hydrogens is 646 g/mol. The van der Waals surface area contributed by atoms with Gasteiger partial charge in [0.25, 0.3) is 0 Å². The number of carbonyl (C=O) groups is 3. The number of phenolic OH excluding ortho intramolecular Hbond substituents is 1. The number of urea groups is 1. The Kier molecular flexibility index (Phi) is 10.9. The number of para-hydroxylation sites is 1. The van der Waals surface area contributed by atoms with Gasteiger partial charge in [0.1, 0.15) is 11.5 Å². The predicted molar refractivity (Wildman–Crippen MR) is 198 cm³/mol. The third kappa shape index (κ3) is 8.51. The van der Waals surface area contributed by atoms with Crippen molar-refractivity contribution in [3.63, 3.8) is 0 Å². The van der Waals surface area contributed by atoms with Gasteiger partial charge in [-0.1, -0.05) is 30.3 Å². The van der Waals surface area contributed by atoms with Crippen molar-refractivity contribution in [3.05, 3.63) is 89.3 Å². The molecule has 0 bridgehead atoms. The molecule has 12 heteroatoms. The van der Waals surface area contributed by atoms with Crippen LogP contribution in [0.5, 0.6) is 5.75 Å². The Morgan fingerprint density at radius 3 is 2.41 bits per heavy atom. The van der Waals surface area contributed by atoms with E-state index in [-0.39, 0.29) is 48.3 Å². The number of nitrogens with one attached hydrogen (secondary N) is 4. The number of anilines is 3. The van der Waals surface area contributed by atoms with Crippen LogP contribution in [-0.2, 0) is 16.1 Å². The van der Waals surface area contributed by atoms with E-state index in [0.29, 0.717) is 24.4 Å². The number of aryl methyl sites for hydroxylation is 2. The van der Waals surface area contributed by atoms with E-state index in [1.165, 1.54) is 0 Å². The molecule has 5 N–H and O–H groups in total. The van der Waals surface area contributed by atoms with E-state index >= 15 is 0 Å². The lowest BCUT2D eigenvalue weighted by atomic mass is 9.91. The van der Waals surface area contributed by atoms with Crippen LogP contribution in [0.15, 0.2) is 71.3 Å². The van der Waals surface area contributed by atoms with Crippen LogP contribution in [0.25, 0.3) is 11.1 Å². The highest BCUT2D eigenvalue weighted by atomic mass is 16.5. The summed E-state index contributed by atoms with van der Waals surface area (Å²) in [5, 5.41) is 26.5. The molecule has 0 unspecified atom stereocenters. The molecule has 6 rings (SSSR count). The highest BCUT2D eigenvalue weighted by Crippen LogP contribution is 2.39. The second-order valence-electron chi connectivity index (χ2n) is 13.5. The number of rotatable bonds is 10. The molecule has 1 saturated heterocycles. The Bertz CT molecular complexity index is 1850. The first kappa shape index (κ1) is 35.5. The smallest absolute Gasteiger partial charge is 0.315 e. The second-order valence-corrected chi connectivity index (χ2v) is 13.5. The summed E-state index contributed by atoms with van der Waals surface area (Å²) in [6.07, 6.45) is 2.78. The Labute approximate surface area is 298 Å². The van der Waals surface area contributed by atoms with Crippen molar-refractivity contribution in [2.45, 2.75) is 78.0 Å². The average Bonchev–Trinajstić information content (AvgIpc) is 3.45. The van der Waals surface area contributed by atoms with E-state index in [9.17, 15) is 19.5 Å². The Morgan fingerprint density at radius 2 is 1.71 bits per heavy atom. The van der Waals surface area contributed by atoms with Crippen LogP contribution >= 0.6 is 0 Å². The summed E-state index contributed by atoms with van der Waals surface area (Å²) in [4.78, 5) is 42.1. The molecule has 1 aromatic heterocycles. The lowest BCUT2D eigenvalue weighted by Crippen LogP contribution is -2.48. The van der Waals surface area contributed by atoms with Gasteiger partial charge >= 0.3 is 6.03 Å². The van der Waals surface area contributed by atoms with E-state index in [1.54, 1.807) is 12.1 Å². The lowest BCUT2D eigenvalue weighted by Gasteiger charge is -2.40. The zero-order valence-electron chi connectivity index (χ0n) is 29.7. The molecule has 1 fully saturated rings. The number of phenols is 1. The van der Waals surface area contributed by atoms with Crippen LogP contribution in [-0.4, -0.2) is 64.7 Å². The minimum atomic E-state index is -0.374. The minimum Gasteiger partial charge on any atom is -0.508 e. The van der Waals surface area contributed by atoms with Crippen LogP contribution in [0.2, 0.25) is 0 Å². The number of aromatic hydroxyl groups is 1. The molecule has 2 aliphatic rings. The largest absolute Gasteiger partial charge is 0.508 e. The van der Waals surface area contributed by atoms with Crippen molar-refractivity contribution < 1.29 is 24.0 Å². The summed E-state index contributed by atoms with van der Waals surface area (Å²) in [6.45, 7) is 9.81. The summed E-state index contributed by atoms with van der Waals surface area (Å²) in [5.41, 5.74) is 7.12. The topological polar surface area (TPSA) is 152 Å². The van der Waals surface area contributed by atoms with E-state index < -0.39 is 0 Å². The maximum absolute atomic E-state index is 12.7. The monoisotopic (exact) mass is 693 g/mol. The molecule has 3 heterocycles. The number of hydrogen-bond acceptors (Lipinski definition) is 8. The van der Waals surface area contributed by atoms with Crippen molar-refractivity contribution in [2.24, 2.45) is 0 Å². The molecule has 2 atom stereocenters. The molecule has 4 amide bonds. The van der Waals surface area contributed by atoms with Gasteiger partial charge in [0, 0.05) is 60.8 Å². The van der Waals surface area contributed by atoms with Crippen LogP contribution in [0.1, 0.15) is 68.2 Å². The van der Waals surface area contributed by atoms with Crippen molar-refractivity contribution in [1.29, 1.82) is 0 Å². The van der Waals surface area contributed by atoms with E-state index in [2.05, 4.69) is 50.4 Å². The summed E-state index contributed by atoms with van der Waals surface area (Å²) in [5.74, 6) is 0.710. The minimum absolute atomic E-state index is 0.000666. The van der Waals surface area contributed by atoms with Crippen molar-refractivity contribution in [1.82, 2.24) is 20.7 Å². The number of carbonyl (C=O) groups excluding carboxylic acids is 3. The number of amides is 4. The Balaban J connectivity index is 0.928. The highest BCUT2D eigenvalue weighted by molar-refractivity contribution is 5.96. The molecule has 268 valence electrons. The maximum Gasteiger partial charge on any atom is 0.315 e. The summed E-state index contributed by atoms with van der Waals surface area (Å²) < 4.78 is 5.31. The molecule has 4 aromatic rings. The van der Waals surface area contributed by atoms with Gasteiger partial charge in [0.05, 0.1) is 18.3 Å². The summed E-state index contributed by atoms with van der Waals surface area (Å²) in [6, 6.07) is 20.8. The molecule has 0 saturated carbocycles. The van der Waals surface area contributed by atoms with Gasteiger partial charge in [0.15, 0.2) is 0 Å². The van der Waals surface area contributed by atoms with E-state index in [0.717, 1.165) is 71.7 Å². The standard InChI is InChI=1S/C39H47N7O5/c1-5-37(49)46-24(2)18-34(33-8-6-7-9-35(33)46)41-29-10-12-30(13-11-29)42-36(48)22-40-39(50)43-31-14-16-45(17-15-31)23-27-19-28(21-32(47)20-27)38-25(3)44-51-26(38)4/h6-13,19-21,24,31,34,41,47H,5,14-18,22-23H2,1-4H3,(H,42,48)(H2,40,43,50)/t24-,34+/m0/s1. The molecule has 2 aliphatic heterocycles. The first-order chi connectivity index (χ1) is 24.6. The second kappa shape index (κ2) is 15.7. The van der Waals surface area contributed by atoms with Crippen LogP contribution in [0.3, 0.4) is 0 Å². The van der Waals surface area contributed by atoms with Gasteiger partial charge in [-0.3, -0.25) is 14.5 Å². The zero-order chi connectivity index (χ0) is 36.1. The van der Waals surface area contributed by atoms with Gasteiger partial charge in [-0.15, -0.1) is 0 Å². The Hall–Kier alpha value is -5.36. The number of aromatic nitrogens is 1. The molecule has 51 heavy (non-hydrogen) atoms. The molecule has 0 radical (unpaired) electrons. The fourth-order valence-electron chi connectivity index (χ4n) is 7.25. The quantitative estimate of drug-likeness (QED) is 0.131. The fraction of sp³-hybridized carbons (Fsp3) is 0.385. The van der Waals surface area contributed by atoms with Crippen molar-refractivity contribution in [2.75, 3.05) is 35.2 Å². The maximum atomic E-state index is 12.7.